The van der Waals surface area contributed by atoms with E-state index < -0.39 is 0 Å². The Morgan fingerprint density at radius 1 is 1.58 bits per heavy atom. The average molecular weight is 184 g/mol. The molecule has 0 radical (unpaired) electrons. The highest BCUT2D eigenvalue weighted by atomic mass is 32.2. The van der Waals surface area contributed by atoms with Crippen LogP contribution in [-0.2, 0) is 0 Å². The molecule has 0 spiro atoms. The second-order valence-electron chi connectivity index (χ2n) is 3.50. The fourth-order valence-electron chi connectivity index (χ4n) is 0.946. The summed E-state index contributed by atoms with van der Waals surface area (Å²) in [6.07, 6.45) is 2.51. The van der Waals surface area contributed by atoms with Crippen molar-refractivity contribution in [1.82, 2.24) is 5.32 Å². The highest BCUT2D eigenvalue weighted by Crippen LogP contribution is 2.20. The van der Waals surface area contributed by atoms with Gasteiger partial charge >= 0.3 is 0 Å². The lowest BCUT2D eigenvalue weighted by Crippen LogP contribution is -2.32. The van der Waals surface area contributed by atoms with Crippen LogP contribution >= 0.6 is 11.8 Å². The van der Waals surface area contributed by atoms with Crippen molar-refractivity contribution in [3.8, 4) is 6.07 Å². The van der Waals surface area contributed by atoms with E-state index in [1.807, 2.05) is 11.8 Å². The minimum Gasteiger partial charge on any atom is -0.298 e. The monoisotopic (exact) mass is 184 g/mol. The third-order valence-electron chi connectivity index (χ3n) is 1.77. The summed E-state index contributed by atoms with van der Waals surface area (Å²) in [5, 5.41) is 12.7. The number of thioether (sulfide) groups is 1. The van der Waals surface area contributed by atoms with Crippen molar-refractivity contribution >= 4 is 11.8 Å². The molecule has 0 amide bonds. The lowest BCUT2D eigenvalue weighted by atomic mass is 10.4. The van der Waals surface area contributed by atoms with Crippen LogP contribution in [0.1, 0.15) is 26.7 Å². The second kappa shape index (κ2) is 4.74. The van der Waals surface area contributed by atoms with E-state index >= 15 is 0 Å². The maximum absolute atomic E-state index is 8.79. The van der Waals surface area contributed by atoms with Crippen LogP contribution in [0.5, 0.6) is 0 Å². The first-order chi connectivity index (χ1) is 5.72. The number of rotatable bonds is 5. The highest BCUT2D eigenvalue weighted by Gasteiger charge is 2.24. The summed E-state index contributed by atoms with van der Waals surface area (Å²) < 4.78 is 0. The molecule has 0 aromatic rings. The molecule has 0 aromatic heterocycles. The van der Waals surface area contributed by atoms with Crippen LogP contribution in [0.2, 0.25) is 0 Å². The molecule has 68 valence electrons. The van der Waals surface area contributed by atoms with Gasteiger partial charge in [0.05, 0.1) is 6.07 Å². The molecule has 1 aliphatic carbocycles. The lowest BCUT2D eigenvalue weighted by molar-refractivity contribution is 0.643. The van der Waals surface area contributed by atoms with E-state index in [4.69, 9.17) is 5.26 Å². The van der Waals surface area contributed by atoms with Crippen LogP contribution in [0.15, 0.2) is 0 Å². The maximum Gasteiger partial charge on any atom is 0.105 e. The summed E-state index contributed by atoms with van der Waals surface area (Å²) in [6, 6.07) is 3.00. The van der Waals surface area contributed by atoms with Crippen LogP contribution in [0.25, 0.3) is 0 Å². The molecule has 1 N–H and O–H groups in total. The van der Waals surface area contributed by atoms with Gasteiger partial charge in [-0.1, -0.05) is 13.8 Å². The summed E-state index contributed by atoms with van der Waals surface area (Å²) in [6.45, 7) is 4.33. The number of nitrogens with zero attached hydrogens (tertiary/aromatic N) is 1. The van der Waals surface area contributed by atoms with Crippen LogP contribution in [-0.4, -0.2) is 23.1 Å². The van der Waals surface area contributed by atoms with Gasteiger partial charge in [0.1, 0.15) is 6.04 Å². The highest BCUT2D eigenvalue weighted by molar-refractivity contribution is 7.99. The maximum atomic E-state index is 8.79. The number of nitriles is 1. The Kier molecular flexibility index (Phi) is 3.90. The summed E-state index contributed by atoms with van der Waals surface area (Å²) in [5.41, 5.74) is 0. The smallest absolute Gasteiger partial charge is 0.105 e. The Morgan fingerprint density at radius 3 is 2.67 bits per heavy atom. The molecule has 0 bridgehead atoms. The second-order valence-corrected chi connectivity index (χ2v) is 5.11. The quantitative estimate of drug-likeness (QED) is 0.707. The molecular formula is C9H16N2S. The van der Waals surface area contributed by atoms with Crippen molar-refractivity contribution in [3.05, 3.63) is 0 Å². The lowest BCUT2D eigenvalue weighted by Gasteiger charge is -2.11. The van der Waals surface area contributed by atoms with Gasteiger partial charge in [-0.15, -0.1) is 0 Å². The summed E-state index contributed by atoms with van der Waals surface area (Å²) in [7, 11) is 0. The first-order valence-corrected chi connectivity index (χ1v) is 5.54. The zero-order chi connectivity index (χ0) is 8.97. The SMILES string of the molecule is CC(C)SCC(C#N)NC1CC1. The molecule has 3 heteroatoms. The van der Waals surface area contributed by atoms with E-state index in [1.54, 1.807) is 0 Å². The molecule has 12 heavy (non-hydrogen) atoms. The molecular weight excluding hydrogens is 168 g/mol. The standard InChI is InChI=1S/C9H16N2S/c1-7(2)12-6-9(5-10)11-8-3-4-8/h7-9,11H,3-4,6H2,1-2H3. The zero-order valence-corrected chi connectivity index (χ0v) is 8.53. The number of hydrogen-bond acceptors (Lipinski definition) is 3. The Bertz CT molecular complexity index is 170. The molecule has 1 saturated carbocycles. The summed E-state index contributed by atoms with van der Waals surface area (Å²) >= 11 is 1.85. The van der Waals surface area contributed by atoms with Gasteiger partial charge in [-0.25, -0.2) is 0 Å². The van der Waals surface area contributed by atoms with Gasteiger partial charge in [0, 0.05) is 11.8 Å². The zero-order valence-electron chi connectivity index (χ0n) is 7.71. The molecule has 2 nitrogen and oxygen atoms in total. The van der Waals surface area contributed by atoms with Gasteiger partial charge in [-0.05, 0) is 18.1 Å². The van der Waals surface area contributed by atoms with E-state index in [2.05, 4.69) is 25.2 Å². The summed E-state index contributed by atoms with van der Waals surface area (Å²) in [4.78, 5) is 0. The largest absolute Gasteiger partial charge is 0.298 e. The van der Waals surface area contributed by atoms with Gasteiger partial charge in [-0.2, -0.15) is 17.0 Å². The van der Waals surface area contributed by atoms with Crippen LogP contribution in [0.3, 0.4) is 0 Å². The van der Waals surface area contributed by atoms with Crippen LogP contribution in [0.4, 0.5) is 0 Å². The van der Waals surface area contributed by atoms with Crippen molar-refractivity contribution in [2.24, 2.45) is 0 Å². The first kappa shape index (κ1) is 9.88. The van der Waals surface area contributed by atoms with Crippen molar-refractivity contribution < 1.29 is 0 Å². The predicted molar refractivity (Wildman–Crippen MR) is 53.2 cm³/mol. The predicted octanol–water partition coefficient (Wildman–Crippen LogP) is 1.77. The molecule has 0 aromatic carbocycles. The molecule has 1 unspecified atom stereocenters. The van der Waals surface area contributed by atoms with Crippen molar-refractivity contribution in [2.45, 2.75) is 44.0 Å². The van der Waals surface area contributed by atoms with Crippen molar-refractivity contribution in [1.29, 1.82) is 5.26 Å². The fourth-order valence-corrected chi connectivity index (χ4v) is 1.69. The normalized spacial score (nSPS) is 19.2. The Hall–Kier alpha value is -0.200. The van der Waals surface area contributed by atoms with Gasteiger partial charge in [-0.3, -0.25) is 5.32 Å². The Morgan fingerprint density at radius 2 is 2.25 bits per heavy atom. The average Bonchev–Trinajstić information content (AvgIpc) is 2.81. The van der Waals surface area contributed by atoms with E-state index in [0.29, 0.717) is 11.3 Å². The minimum absolute atomic E-state index is 0.0601. The van der Waals surface area contributed by atoms with Gasteiger partial charge in [0.15, 0.2) is 0 Å². The molecule has 1 fully saturated rings. The van der Waals surface area contributed by atoms with Gasteiger partial charge in [0.2, 0.25) is 0 Å². The van der Waals surface area contributed by atoms with Gasteiger partial charge in [0.25, 0.3) is 0 Å². The fraction of sp³-hybridized carbons (Fsp3) is 0.889. The molecule has 0 aliphatic heterocycles. The Balaban J connectivity index is 2.12. The van der Waals surface area contributed by atoms with Crippen molar-refractivity contribution in [2.75, 3.05) is 5.75 Å². The van der Waals surface area contributed by atoms with E-state index in [-0.39, 0.29) is 6.04 Å². The third-order valence-corrected chi connectivity index (χ3v) is 2.96. The van der Waals surface area contributed by atoms with E-state index in [1.165, 1.54) is 12.8 Å². The molecule has 0 heterocycles. The van der Waals surface area contributed by atoms with E-state index in [0.717, 1.165) is 5.75 Å². The molecule has 0 saturated heterocycles. The molecule has 1 aliphatic rings. The Labute approximate surface area is 78.7 Å². The van der Waals surface area contributed by atoms with E-state index in [9.17, 15) is 0 Å². The molecule has 1 atom stereocenters. The third kappa shape index (κ3) is 3.99. The van der Waals surface area contributed by atoms with Crippen LogP contribution < -0.4 is 5.32 Å². The first-order valence-electron chi connectivity index (χ1n) is 4.49. The number of hydrogen-bond donors (Lipinski definition) is 1. The summed E-state index contributed by atoms with van der Waals surface area (Å²) in [5.74, 6) is 0.921. The minimum atomic E-state index is 0.0601. The topological polar surface area (TPSA) is 35.8 Å². The number of nitrogens with one attached hydrogen (secondary N) is 1. The van der Waals surface area contributed by atoms with Gasteiger partial charge < -0.3 is 0 Å². The van der Waals surface area contributed by atoms with Crippen LogP contribution in [0, 0.1) is 11.3 Å². The van der Waals surface area contributed by atoms with Crippen molar-refractivity contribution in [3.63, 3.8) is 0 Å². The molecule has 1 rings (SSSR count).